The van der Waals surface area contributed by atoms with Gasteiger partial charge in [-0.1, -0.05) is 25.3 Å². The number of hydrogen-bond acceptors (Lipinski definition) is 5. The van der Waals surface area contributed by atoms with E-state index < -0.39 is 11.9 Å². The SMILES string of the molecule is C=CCOC(=O)c1cc(C(=O)OCC=C)c(C)nc1C. The first-order chi connectivity index (χ1) is 9.51. The van der Waals surface area contributed by atoms with Crippen LogP contribution in [0.15, 0.2) is 31.4 Å². The van der Waals surface area contributed by atoms with Gasteiger partial charge >= 0.3 is 11.9 Å². The number of carbonyl (C=O) groups excluding carboxylic acids is 2. The molecule has 0 unspecified atom stereocenters. The number of esters is 2. The number of pyridine rings is 1. The molecule has 0 amide bonds. The summed E-state index contributed by atoms with van der Waals surface area (Å²) >= 11 is 0. The monoisotopic (exact) mass is 275 g/mol. The van der Waals surface area contributed by atoms with E-state index in [1.54, 1.807) is 13.8 Å². The number of ether oxygens (including phenoxy) is 2. The molecule has 5 heteroatoms. The molecule has 1 heterocycles. The van der Waals surface area contributed by atoms with Crippen LogP contribution in [0.25, 0.3) is 0 Å². The van der Waals surface area contributed by atoms with Gasteiger partial charge in [-0.3, -0.25) is 4.98 Å². The highest BCUT2D eigenvalue weighted by atomic mass is 16.5. The lowest BCUT2D eigenvalue weighted by Crippen LogP contribution is -2.14. The lowest BCUT2D eigenvalue weighted by atomic mass is 10.1. The molecule has 0 aromatic carbocycles. The van der Waals surface area contributed by atoms with E-state index in [1.807, 2.05) is 0 Å². The zero-order chi connectivity index (χ0) is 15.1. The normalized spacial score (nSPS) is 9.70. The van der Waals surface area contributed by atoms with Crippen molar-refractivity contribution in [3.63, 3.8) is 0 Å². The zero-order valence-electron chi connectivity index (χ0n) is 11.6. The summed E-state index contributed by atoms with van der Waals surface area (Å²) in [6.07, 6.45) is 2.93. The third kappa shape index (κ3) is 3.78. The van der Waals surface area contributed by atoms with E-state index in [2.05, 4.69) is 18.1 Å². The summed E-state index contributed by atoms with van der Waals surface area (Å²) in [5, 5.41) is 0. The quantitative estimate of drug-likeness (QED) is 0.589. The minimum Gasteiger partial charge on any atom is -0.458 e. The largest absolute Gasteiger partial charge is 0.458 e. The van der Waals surface area contributed by atoms with E-state index in [9.17, 15) is 9.59 Å². The Morgan fingerprint density at radius 1 is 1.05 bits per heavy atom. The molecular weight excluding hydrogens is 258 g/mol. The van der Waals surface area contributed by atoms with E-state index >= 15 is 0 Å². The predicted molar refractivity (Wildman–Crippen MR) is 74.7 cm³/mol. The summed E-state index contributed by atoms with van der Waals surface area (Å²) in [6.45, 7) is 10.5. The Morgan fingerprint density at radius 3 is 1.80 bits per heavy atom. The summed E-state index contributed by atoms with van der Waals surface area (Å²) in [4.78, 5) is 27.9. The molecule has 0 saturated carbocycles. The standard InChI is InChI=1S/C15H17NO4/c1-5-7-19-14(17)12-9-13(11(4)16-10(12)3)15(18)20-8-6-2/h5-6,9H,1-2,7-8H2,3-4H3. The molecule has 0 aliphatic heterocycles. The maximum absolute atomic E-state index is 11.8. The van der Waals surface area contributed by atoms with Gasteiger partial charge in [0.2, 0.25) is 0 Å². The molecule has 0 bridgehead atoms. The highest BCUT2D eigenvalue weighted by Crippen LogP contribution is 2.15. The first-order valence-corrected chi connectivity index (χ1v) is 6.05. The number of aryl methyl sites for hydroxylation is 2. The first-order valence-electron chi connectivity index (χ1n) is 6.05. The minimum atomic E-state index is -0.548. The molecule has 0 aliphatic rings. The third-order valence-electron chi connectivity index (χ3n) is 2.51. The van der Waals surface area contributed by atoms with Crippen LogP contribution >= 0.6 is 0 Å². The van der Waals surface area contributed by atoms with Gasteiger partial charge < -0.3 is 9.47 Å². The third-order valence-corrected chi connectivity index (χ3v) is 2.51. The number of aromatic nitrogens is 1. The maximum Gasteiger partial charge on any atom is 0.340 e. The lowest BCUT2D eigenvalue weighted by Gasteiger charge is -2.10. The van der Waals surface area contributed by atoms with E-state index in [1.165, 1.54) is 18.2 Å². The fourth-order valence-corrected chi connectivity index (χ4v) is 1.56. The number of rotatable bonds is 6. The Bertz CT molecular complexity index is 504. The van der Waals surface area contributed by atoms with Gasteiger partial charge in [-0.2, -0.15) is 0 Å². The predicted octanol–water partition coefficient (Wildman–Crippen LogP) is 2.38. The Kier molecular flexibility index (Phi) is 5.65. The van der Waals surface area contributed by atoms with Gasteiger partial charge in [-0.15, -0.1) is 0 Å². The molecule has 0 aliphatic carbocycles. The average Bonchev–Trinajstić information content (AvgIpc) is 2.42. The van der Waals surface area contributed by atoms with Gasteiger partial charge in [0.1, 0.15) is 13.2 Å². The van der Waals surface area contributed by atoms with Gasteiger partial charge in [-0.25, -0.2) is 9.59 Å². The average molecular weight is 275 g/mol. The van der Waals surface area contributed by atoms with Crippen molar-refractivity contribution in [2.24, 2.45) is 0 Å². The molecule has 1 rings (SSSR count). The number of hydrogen-bond donors (Lipinski definition) is 0. The Morgan fingerprint density at radius 2 is 1.45 bits per heavy atom. The van der Waals surface area contributed by atoms with Crippen LogP contribution in [0.4, 0.5) is 0 Å². The van der Waals surface area contributed by atoms with Crippen molar-refractivity contribution in [2.75, 3.05) is 13.2 Å². The van der Waals surface area contributed by atoms with Crippen LogP contribution < -0.4 is 0 Å². The van der Waals surface area contributed by atoms with Crippen molar-refractivity contribution in [1.82, 2.24) is 4.98 Å². The van der Waals surface area contributed by atoms with E-state index in [-0.39, 0.29) is 24.3 Å². The molecular formula is C15H17NO4. The van der Waals surface area contributed by atoms with Gasteiger partial charge in [0, 0.05) is 0 Å². The highest BCUT2D eigenvalue weighted by molar-refractivity contribution is 5.96. The molecule has 1 aromatic heterocycles. The Hall–Kier alpha value is -2.43. The summed E-state index contributed by atoms with van der Waals surface area (Å²) < 4.78 is 9.90. The molecule has 1 aromatic rings. The molecule has 0 atom stereocenters. The minimum absolute atomic E-state index is 0.0996. The van der Waals surface area contributed by atoms with E-state index in [0.717, 1.165) is 0 Å². The molecule has 0 N–H and O–H groups in total. The van der Waals surface area contributed by atoms with Crippen LogP contribution in [0, 0.1) is 13.8 Å². The van der Waals surface area contributed by atoms with Gasteiger partial charge in [0.25, 0.3) is 0 Å². The summed E-state index contributed by atoms with van der Waals surface area (Å²) in [5.41, 5.74) is 1.47. The van der Waals surface area contributed by atoms with E-state index in [0.29, 0.717) is 11.4 Å². The summed E-state index contributed by atoms with van der Waals surface area (Å²) in [7, 11) is 0. The van der Waals surface area contributed by atoms with Crippen molar-refractivity contribution in [1.29, 1.82) is 0 Å². The van der Waals surface area contributed by atoms with Crippen LogP contribution in [-0.4, -0.2) is 30.1 Å². The van der Waals surface area contributed by atoms with Crippen molar-refractivity contribution in [2.45, 2.75) is 13.8 Å². The second kappa shape index (κ2) is 7.23. The molecule has 20 heavy (non-hydrogen) atoms. The van der Waals surface area contributed by atoms with Crippen LogP contribution in [0.5, 0.6) is 0 Å². The van der Waals surface area contributed by atoms with Crippen LogP contribution in [-0.2, 0) is 9.47 Å². The Balaban J connectivity index is 3.08. The van der Waals surface area contributed by atoms with E-state index in [4.69, 9.17) is 9.47 Å². The summed E-state index contributed by atoms with van der Waals surface area (Å²) in [5.74, 6) is -1.10. The van der Waals surface area contributed by atoms with Crippen molar-refractivity contribution in [3.05, 3.63) is 53.9 Å². The number of nitrogens with zero attached hydrogens (tertiary/aromatic N) is 1. The highest BCUT2D eigenvalue weighted by Gasteiger charge is 2.18. The van der Waals surface area contributed by atoms with Crippen molar-refractivity contribution < 1.29 is 19.1 Å². The fraction of sp³-hybridized carbons (Fsp3) is 0.267. The molecule has 0 saturated heterocycles. The fourth-order valence-electron chi connectivity index (χ4n) is 1.56. The zero-order valence-corrected chi connectivity index (χ0v) is 11.6. The molecule has 5 nitrogen and oxygen atoms in total. The number of carbonyl (C=O) groups is 2. The second-order valence-electron chi connectivity index (χ2n) is 4.03. The summed E-state index contributed by atoms with van der Waals surface area (Å²) in [6, 6.07) is 1.44. The molecule has 0 spiro atoms. The second-order valence-corrected chi connectivity index (χ2v) is 4.03. The van der Waals surface area contributed by atoms with Gasteiger partial charge in [0.05, 0.1) is 22.5 Å². The van der Waals surface area contributed by atoms with Gasteiger partial charge in [-0.05, 0) is 19.9 Å². The van der Waals surface area contributed by atoms with Crippen LogP contribution in [0.1, 0.15) is 32.1 Å². The molecule has 0 fully saturated rings. The van der Waals surface area contributed by atoms with Crippen LogP contribution in [0.2, 0.25) is 0 Å². The van der Waals surface area contributed by atoms with Crippen molar-refractivity contribution >= 4 is 11.9 Å². The first kappa shape index (κ1) is 15.6. The van der Waals surface area contributed by atoms with Crippen molar-refractivity contribution in [3.8, 4) is 0 Å². The smallest absolute Gasteiger partial charge is 0.340 e. The van der Waals surface area contributed by atoms with Crippen LogP contribution in [0.3, 0.4) is 0 Å². The maximum atomic E-state index is 11.8. The molecule has 106 valence electrons. The Labute approximate surface area is 117 Å². The lowest BCUT2D eigenvalue weighted by molar-refractivity contribution is 0.0546. The molecule has 0 radical (unpaired) electrons. The van der Waals surface area contributed by atoms with Gasteiger partial charge in [0.15, 0.2) is 0 Å². The topological polar surface area (TPSA) is 65.5 Å².